The second-order valence-corrected chi connectivity index (χ2v) is 6.55. The highest BCUT2D eigenvalue weighted by Crippen LogP contribution is 2.19. The predicted molar refractivity (Wildman–Crippen MR) is 112 cm³/mol. The molecule has 0 unspecified atom stereocenters. The number of nitrogens with two attached hydrogens (primary N) is 1. The maximum Gasteiger partial charge on any atom is 0.256 e. The minimum Gasteiger partial charge on any atom is -0.368 e. The van der Waals surface area contributed by atoms with Crippen LogP contribution >= 0.6 is 0 Å². The molecule has 0 saturated heterocycles. The highest BCUT2D eigenvalue weighted by atomic mass is 16.2. The van der Waals surface area contributed by atoms with E-state index in [0.717, 1.165) is 16.5 Å². The third-order valence-electron chi connectivity index (χ3n) is 4.49. The average molecular weight is 386 g/mol. The third kappa shape index (κ3) is 3.91. The first-order valence-corrected chi connectivity index (χ1v) is 8.87. The number of benzene rings is 2. The van der Waals surface area contributed by atoms with Crippen molar-refractivity contribution in [2.45, 2.75) is 6.92 Å². The van der Waals surface area contributed by atoms with E-state index >= 15 is 0 Å². The van der Waals surface area contributed by atoms with Gasteiger partial charge in [-0.25, -0.2) is 9.97 Å². The fraction of sp³-hybridized carbons (Fsp3) is 0.0476. The van der Waals surface area contributed by atoms with Crippen molar-refractivity contribution >= 4 is 40.0 Å². The van der Waals surface area contributed by atoms with Crippen LogP contribution in [-0.4, -0.2) is 26.8 Å². The third-order valence-corrected chi connectivity index (χ3v) is 4.49. The molecule has 0 atom stereocenters. The number of hydrogen-bond acceptors (Lipinski definition) is 5. The molecule has 0 aliphatic carbocycles. The van der Waals surface area contributed by atoms with Crippen molar-refractivity contribution in [3.63, 3.8) is 0 Å². The van der Waals surface area contributed by atoms with Crippen LogP contribution in [0.3, 0.4) is 0 Å². The van der Waals surface area contributed by atoms with Crippen LogP contribution in [0.5, 0.6) is 0 Å². The summed E-state index contributed by atoms with van der Waals surface area (Å²) in [6, 6.07) is 12.5. The summed E-state index contributed by atoms with van der Waals surface area (Å²) in [7, 11) is 0. The number of carbonyl (C=O) groups excluding carboxylic acids is 2. The molecule has 5 N–H and O–H groups in total. The van der Waals surface area contributed by atoms with E-state index in [4.69, 9.17) is 5.73 Å². The molecule has 0 radical (unpaired) electrons. The summed E-state index contributed by atoms with van der Waals surface area (Å²) in [5, 5.41) is 6.51. The lowest BCUT2D eigenvalue weighted by atomic mass is 10.1. The second kappa shape index (κ2) is 7.43. The summed E-state index contributed by atoms with van der Waals surface area (Å²) in [6.45, 7) is 1.82. The van der Waals surface area contributed by atoms with Crippen LogP contribution in [0.25, 0.3) is 10.9 Å². The van der Waals surface area contributed by atoms with Gasteiger partial charge in [0.1, 0.15) is 0 Å². The summed E-state index contributed by atoms with van der Waals surface area (Å²) in [5.41, 5.74) is 9.10. The van der Waals surface area contributed by atoms with Gasteiger partial charge in [0.05, 0.1) is 18.1 Å². The van der Waals surface area contributed by atoms with E-state index in [1.807, 2.05) is 31.3 Å². The smallest absolute Gasteiger partial charge is 0.256 e. The Morgan fingerprint density at radius 1 is 0.931 bits per heavy atom. The van der Waals surface area contributed by atoms with Gasteiger partial charge in [-0.15, -0.1) is 0 Å². The Balaban J connectivity index is 1.53. The molecule has 0 fully saturated rings. The van der Waals surface area contributed by atoms with Gasteiger partial charge in [0.25, 0.3) is 11.8 Å². The first-order valence-electron chi connectivity index (χ1n) is 8.87. The molecule has 29 heavy (non-hydrogen) atoms. The number of carbonyl (C=O) groups is 2. The first kappa shape index (κ1) is 18.2. The standard InChI is InChI=1S/C21H18N6O2/c1-12-2-4-15(9-17(12)20(29)27-16-10-24-21(22)25-11-16)26-19(28)14-3-5-18-13(8-14)6-7-23-18/h2-11,23H,1H3,(H,26,28)(H,27,29)(H2,22,24,25). The molecule has 2 aromatic carbocycles. The molecule has 4 aromatic rings. The fourth-order valence-corrected chi connectivity index (χ4v) is 2.94. The van der Waals surface area contributed by atoms with Gasteiger partial charge in [-0.1, -0.05) is 6.07 Å². The number of H-pyrrole nitrogens is 1. The Kier molecular flexibility index (Phi) is 4.66. The lowest BCUT2D eigenvalue weighted by molar-refractivity contribution is 0.101. The van der Waals surface area contributed by atoms with Crippen molar-refractivity contribution in [1.82, 2.24) is 15.0 Å². The molecule has 0 aliphatic heterocycles. The number of fused-ring (bicyclic) bond motifs is 1. The van der Waals surface area contributed by atoms with Gasteiger partial charge in [0.15, 0.2) is 0 Å². The largest absolute Gasteiger partial charge is 0.368 e. The molecule has 2 heterocycles. The Bertz CT molecular complexity index is 1210. The molecule has 2 aromatic heterocycles. The van der Waals surface area contributed by atoms with Crippen LogP contribution in [0.1, 0.15) is 26.3 Å². The van der Waals surface area contributed by atoms with Crippen LogP contribution < -0.4 is 16.4 Å². The van der Waals surface area contributed by atoms with Crippen LogP contribution in [0.2, 0.25) is 0 Å². The molecule has 0 aliphatic rings. The van der Waals surface area contributed by atoms with E-state index < -0.39 is 0 Å². The van der Waals surface area contributed by atoms with Crippen molar-refractivity contribution in [1.29, 1.82) is 0 Å². The highest BCUT2D eigenvalue weighted by molar-refractivity contribution is 6.08. The number of amides is 2. The van der Waals surface area contributed by atoms with E-state index in [0.29, 0.717) is 22.5 Å². The monoisotopic (exact) mass is 386 g/mol. The van der Waals surface area contributed by atoms with Gasteiger partial charge in [0, 0.05) is 33.9 Å². The lowest BCUT2D eigenvalue weighted by Crippen LogP contribution is -2.16. The average Bonchev–Trinajstić information content (AvgIpc) is 3.19. The molecule has 2 amide bonds. The second-order valence-electron chi connectivity index (χ2n) is 6.55. The summed E-state index contributed by atoms with van der Waals surface area (Å²) >= 11 is 0. The minimum atomic E-state index is -0.333. The summed E-state index contributed by atoms with van der Waals surface area (Å²) in [5.74, 6) is -0.460. The van der Waals surface area contributed by atoms with E-state index in [1.165, 1.54) is 12.4 Å². The Morgan fingerprint density at radius 2 is 1.69 bits per heavy atom. The van der Waals surface area contributed by atoms with Crippen molar-refractivity contribution in [3.8, 4) is 0 Å². The highest BCUT2D eigenvalue weighted by Gasteiger charge is 2.13. The Morgan fingerprint density at radius 3 is 2.48 bits per heavy atom. The molecule has 144 valence electrons. The number of anilines is 3. The topological polar surface area (TPSA) is 126 Å². The SMILES string of the molecule is Cc1ccc(NC(=O)c2ccc3[nH]ccc3c2)cc1C(=O)Nc1cnc(N)nc1. The van der Waals surface area contributed by atoms with E-state index in [1.54, 1.807) is 24.3 Å². The van der Waals surface area contributed by atoms with Gasteiger partial charge >= 0.3 is 0 Å². The minimum absolute atomic E-state index is 0.127. The Hall–Kier alpha value is -4.20. The zero-order valence-corrected chi connectivity index (χ0v) is 15.6. The van der Waals surface area contributed by atoms with Crippen LogP contribution in [0.15, 0.2) is 61.1 Å². The first-order chi connectivity index (χ1) is 14.0. The van der Waals surface area contributed by atoms with Gasteiger partial charge in [0.2, 0.25) is 5.95 Å². The number of nitrogens with zero attached hydrogens (tertiary/aromatic N) is 2. The zero-order chi connectivity index (χ0) is 20.4. The number of aromatic amines is 1. The van der Waals surface area contributed by atoms with E-state index in [2.05, 4.69) is 25.6 Å². The molecular weight excluding hydrogens is 368 g/mol. The predicted octanol–water partition coefficient (Wildman–Crippen LogP) is 3.35. The van der Waals surface area contributed by atoms with Gasteiger partial charge < -0.3 is 21.4 Å². The molecule has 8 heteroatoms. The normalized spacial score (nSPS) is 10.7. The summed E-state index contributed by atoms with van der Waals surface area (Å²) in [6.07, 6.45) is 4.68. The number of aryl methyl sites for hydroxylation is 1. The number of rotatable bonds is 4. The zero-order valence-electron chi connectivity index (χ0n) is 15.6. The number of hydrogen-bond donors (Lipinski definition) is 4. The van der Waals surface area contributed by atoms with E-state index in [9.17, 15) is 9.59 Å². The summed E-state index contributed by atoms with van der Waals surface area (Å²) < 4.78 is 0. The molecule has 0 saturated carbocycles. The van der Waals surface area contributed by atoms with Crippen LogP contribution in [0, 0.1) is 6.92 Å². The molecule has 0 spiro atoms. The summed E-state index contributed by atoms with van der Waals surface area (Å²) in [4.78, 5) is 36.0. The quantitative estimate of drug-likeness (QED) is 0.428. The Labute approximate surface area is 166 Å². The van der Waals surface area contributed by atoms with Crippen LogP contribution in [0.4, 0.5) is 17.3 Å². The molecular formula is C21H18N6O2. The number of nitrogen functional groups attached to an aromatic ring is 1. The maximum atomic E-state index is 12.6. The maximum absolute atomic E-state index is 12.6. The van der Waals surface area contributed by atoms with Crippen LogP contribution in [-0.2, 0) is 0 Å². The molecule has 8 nitrogen and oxygen atoms in total. The fourth-order valence-electron chi connectivity index (χ4n) is 2.94. The molecule has 4 rings (SSSR count). The number of nitrogens with one attached hydrogen (secondary N) is 3. The number of aromatic nitrogens is 3. The van der Waals surface area contributed by atoms with Gasteiger partial charge in [-0.2, -0.15) is 0 Å². The van der Waals surface area contributed by atoms with E-state index in [-0.39, 0.29) is 17.8 Å². The van der Waals surface area contributed by atoms with Crippen molar-refractivity contribution in [2.24, 2.45) is 0 Å². The van der Waals surface area contributed by atoms with Crippen molar-refractivity contribution < 1.29 is 9.59 Å². The van der Waals surface area contributed by atoms with Crippen molar-refractivity contribution in [2.75, 3.05) is 16.4 Å². The van der Waals surface area contributed by atoms with Gasteiger partial charge in [-0.3, -0.25) is 9.59 Å². The molecule has 0 bridgehead atoms. The lowest BCUT2D eigenvalue weighted by Gasteiger charge is -2.11. The van der Waals surface area contributed by atoms with Crippen molar-refractivity contribution in [3.05, 3.63) is 77.7 Å². The van der Waals surface area contributed by atoms with Gasteiger partial charge in [-0.05, 0) is 48.9 Å².